The second-order valence-corrected chi connectivity index (χ2v) is 11.5. The molecule has 192 valence electrons. The van der Waals surface area contributed by atoms with Crippen molar-refractivity contribution in [2.24, 2.45) is 0 Å². The lowest BCUT2D eigenvalue weighted by molar-refractivity contribution is 0.283. The van der Waals surface area contributed by atoms with Crippen LogP contribution in [0.15, 0.2) is 58.5 Å². The van der Waals surface area contributed by atoms with Gasteiger partial charge in [0, 0.05) is 22.3 Å². The molecule has 0 amide bonds. The first kappa shape index (κ1) is 24.3. The van der Waals surface area contributed by atoms with Crippen molar-refractivity contribution < 1.29 is 4.74 Å². The summed E-state index contributed by atoms with van der Waals surface area (Å²) in [7, 11) is 1.67. The lowest BCUT2D eigenvalue weighted by atomic mass is 9.62. The fourth-order valence-electron chi connectivity index (χ4n) is 6.28. The zero-order valence-electron chi connectivity index (χ0n) is 21.7. The zero-order chi connectivity index (χ0) is 25.4. The summed E-state index contributed by atoms with van der Waals surface area (Å²) >= 11 is 1.75. The van der Waals surface area contributed by atoms with Gasteiger partial charge in [0.25, 0.3) is 5.56 Å². The molecule has 2 aliphatic rings. The van der Waals surface area contributed by atoms with Gasteiger partial charge >= 0.3 is 0 Å². The first-order chi connectivity index (χ1) is 18.1. The molecule has 2 aromatic heterocycles. The average molecular weight is 515 g/mol. The van der Waals surface area contributed by atoms with Crippen LogP contribution in [0, 0.1) is 0 Å². The monoisotopic (exact) mass is 514 g/mol. The van der Waals surface area contributed by atoms with E-state index in [4.69, 9.17) is 4.74 Å². The number of hydrogen-bond donors (Lipinski definition) is 0. The van der Waals surface area contributed by atoms with Crippen LogP contribution in [0.2, 0.25) is 0 Å². The van der Waals surface area contributed by atoms with E-state index in [9.17, 15) is 4.79 Å². The number of fused-ring (bicyclic) bond motifs is 6. The maximum absolute atomic E-state index is 14.6. The van der Waals surface area contributed by atoms with Gasteiger partial charge in [0.2, 0.25) is 5.78 Å². The van der Waals surface area contributed by atoms with Gasteiger partial charge in [-0.3, -0.25) is 13.8 Å². The second-order valence-electron chi connectivity index (χ2n) is 10.5. The lowest BCUT2D eigenvalue weighted by Crippen LogP contribution is -2.43. The first-order valence-corrected chi connectivity index (χ1v) is 14.5. The third-order valence-corrected chi connectivity index (χ3v) is 9.16. The summed E-state index contributed by atoms with van der Waals surface area (Å²) in [4.78, 5) is 14.6. The van der Waals surface area contributed by atoms with Crippen molar-refractivity contribution in [3.8, 4) is 17.0 Å². The lowest BCUT2D eigenvalue weighted by Gasteiger charge is -2.42. The van der Waals surface area contributed by atoms with Gasteiger partial charge in [-0.25, -0.2) is 0 Å². The molecule has 1 saturated carbocycles. The molecular weight excluding hydrogens is 480 g/mol. The number of benzene rings is 2. The third-order valence-electron chi connectivity index (χ3n) is 8.15. The maximum Gasteiger partial charge on any atom is 0.259 e. The van der Waals surface area contributed by atoms with Crippen molar-refractivity contribution >= 4 is 17.5 Å². The molecule has 7 heteroatoms. The number of rotatable bonds is 7. The minimum atomic E-state index is -0.134. The van der Waals surface area contributed by atoms with Crippen LogP contribution in [0.3, 0.4) is 0 Å². The molecule has 0 N–H and O–H groups in total. The SMILES string of the molecule is CCCCSc1nnc2n(Cc3ccc(OC)cc3)c(=O)c3c(n12)-c1ccccc1CC31CCCCC1. The molecule has 0 saturated heterocycles. The largest absolute Gasteiger partial charge is 0.497 e. The van der Waals surface area contributed by atoms with Gasteiger partial charge in [-0.15, -0.1) is 10.2 Å². The molecule has 0 radical (unpaired) electrons. The van der Waals surface area contributed by atoms with E-state index in [0.29, 0.717) is 12.3 Å². The average Bonchev–Trinajstić information content (AvgIpc) is 3.35. The van der Waals surface area contributed by atoms with E-state index in [0.717, 1.165) is 84.0 Å². The van der Waals surface area contributed by atoms with Crippen LogP contribution in [-0.2, 0) is 18.4 Å². The Morgan fingerprint density at radius 3 is 2.57 bits per heavy atom. The number of hydrogen-bond acceptors (Lipinski definition) is 5. The van der Waals surface area contributed by atoms with E-state index in [1.165, 1.54) is 12.0 Å². The standard InChI is InChI=1S/C30H34N4O2S/c1-3-4-18-37-29-32-31-28-33(20-21-12-14-23(36-2)15-13-21)27(35)25-26(34(28)29)24-11-7-6-10-22(24)19-30(25)16-8-5-9-17-30/h6-7,10-15H,3-5,8-9,16-20H2,1-2H3. The van der Waals surface area contributed by atoms with Crippen LogP contribution >= 0.6 is 11.8 Å². The predicted molar refractivity (Wildman–Crippen MR) is 149 cm³/mol. The topological polar surface area (TPSA) is 61.4 Å². The Hall–Kier alpha value is -3.06. The van der Waals surface area contributed by atoms with Crippen LogP contribution in [0.1, 0.15) is 68.6 Å². The Labute approximate surface area is 222 Å². The number of unbranched alkanes of at least 4 members (excludes halogenated alkanes) is 1. The van der Waals surface area contributed by atoms with E-state index in [2.05, 4.69) is 45.8 Å². The molecule has 6 rings (SSSR count). The Morgan fingerprint density at radius 2 is 1.81 bits per heavy atom. The molecule has 2 heterocycles. The van der Waals surface area contributed by atoms with Gasteiger partial charge in [0.1, 0.15) is 5.75 Å². The minimum Gasteiger partial charge on any atom is -0.497 e. The summed E-state index contributed by atoms with van der Waals surface area (Å²) in [5.41, 5.74) is 5.50. The summed E-state index contributed by atoms with van der Waals surface area (Å²) in [5, 5.41) is 10.2. The smallest absolute Gasteiger partial charge is 0.259 e. The molecular formula is C30H34N4O2S. The molecule has 1 spiro atoms. The molecule has 0 bridgehead atoms. The first-order valence-electron chi connectivity index (χ1n) is 13.5. The van der Waals surface area contributed by atoms with E-state index in [1.807, 2.05) is 28.8 Å². The molecule has 6 nitrogen and oxygen atoms in total. The van der Waals surface area contributed by atoms with E-state index in [1.54, 1.807) is 18.9 Å². The summed E-state index contributed by atoms with van der Waals surface area (Å²) in [6.07, 6.45) is 8.86. The van der Waals surface area contributed by atoms with E-state index in [-0.39, 0.29) is 11.0 Å². The fourth-order valence-corrected chi connectivity index (χ4v) is 7.29. The Kier molecular flexibility index (Phi) is 6.57. The zero-order valence-corrected chi connectivity index (χ0v) is 22.5. The van der Waals surface area contributed by atoms with Gasteiger partial charge in [0.15, 0.2) is 5.16 Å². The number of ether oxygens (including phenoxy) is 1. The van der Waals surface area contributed by atoms with Gasteiger partial charge in [0.05, 0.1) is 19.3 Å². The summed E-state index contributed by atoms with van der Waals surface area (Å²) in [5.74, 6) is 2.42. The molecule has 0 atom stereocenters. The highest BCUT2D eigenvalue weighted by molar-refractivity contribution is 7.99. The number of thioether (sulfide) groups is 1. The van der Waals surface area contributed by atoms with E-state index < -0.39 is 0 Å². The van der Waals surface area contributed by atoms with Crippen LogP contribution < -0.4 is 10.3 Å². The summed E-state index contributed by atoms with van der Waals surface area (Å²) in [6, 6.07) is 16.6. The highest BCUT2D eigenvalue weighted by Crippen LogP contribution is 2.49. The van der Waals surface area contributed by atoms with Gasteiger partial charge in [-0.2, -0.15) is 0 Å². The molecule has 0 unspecified atom stereocenters. The Bertz CT molecular complexity index is 1480. The minimum absolute atomic E-state index is 0.0900. The Morgan fingerprint density at radius 1 is 1.03 bits per heavy atom. The van der Waals surface area contributed by atoms with Gasteiger partial charge < -0.3 is 4.74 Å². The highest BCUT2D eigenvalue weighted by atomic mass is 32.2. The highest BCUT2D eigenvalue weighted by Gasteiger charge is 2.44. The van der Waals surface area contributed by atoms with Crippen molar-refractivity contribution in [2.45, 2.75) is 75.4 Å². The Balaban J connectivity index is 1.63. The van der Waals surface area contributed by atoms with Crippen molar-refractivity contribution in [3.63, 3.8) is 0 Å². The molecule has 4 aromatic rings. The summed E-state index contributed by atoms with van der Waals surface area (Å²) in [6.45, 7) is 2.66. The van der Waals surface area contributed by atoms with Crippen LogP contribution in [0.4, 0.5) is 0 Å². The fraction of sp³-hybridized carbons (Fsp3) is 0.433. The van der Waals surface area contributed by atoms with E-state index >= 15 is 0 Å². The maximum atomic E-state index is 14.6. The molecule has 2 aromatic carbocycles. The molecule has 37 heavy (non-hydrogen) atoms. The molecule has 1 fully saturated rings. The normalized spacial score (nSPS) is 16.1. The third kappa shape index (κ3) is 4.17. The predicted octanol–water partition coefficient (Wildman–Crippen LogP) is 6.27. The van der Waals surface area contributed by atoms with Crippen LogP contribution in [0.25, 0.3) is 17.0 Å². The molecule has 2 aliphatic carbocycles. The molecule has 0 aliphatic heterocycles. The quantitative estimate of drug-likeness (QED) is 0.215. The van der Waals surface area contributed by atoms with Crippen LogP contribution in [-0.4, -0.2) is 32.0 Å². The van der Waals surface area contributed by atoms with Crippen molar-refractivity contribution in [3.05, 3.63) is 75.6 Å². The number of nitrogens with zero attached hydrogens (tertiary/aromatic N) is 4. The van der Waals surface area contributed by atoms with Crippen molar-refractivity contribution in [1.82, 2.24) is 19.2 Å². The van der Waals surface area contributed by atoms with Crippen LogP contribution in [0.5, 0.6) is 5.75 Å². The number of methoxy groups -OCH3 is 1. The van der Waals surface area contributed by atoms with Gasteiger partial charge in [-0.05, 0) is 48.9 Å². The van der Waals surface area contributed by atoms with Gasteiger partial charge in [-0.1, -0.05) is 80.8 Å². The van der Waals surface area contributed by atoms with Crippen molar-refractivity contribution in [2.75, 3.05) is 12.9 Å². The summed E-state index contributed by atoms with van der Waals surface area (Å²) < 4.78 is 9.41. The second kappa shape index (κ2) is 10.0. The number of aromatic nitrogens is 4. The van der Waals surface area contributed by atoms with Crippen molar-refractivity contribution in [1.29, 1.82) is 0 Å².